The lowest BCUT2D eigenvalue weighted by molar-refractivity contribution is -0.245. The van der Waals surface area contributed by atoms with Crippen molar-refractivity contribution in [2.24, 2.45) is 0 Å². The van der Waals surface area contributed by atoms with E-state index in [1.54, 1.807) is 25.1 Å². The quantitative estimate of drug-likeness (QED) is 0.0960. The Hall–Kier alpha value is -4.68. The Kier molecular flexibility index (Phi) is 12.2. The van der Waals surface area contributed by atoms with Gasteiger partial charge in [0.05, 0.1) is 31.0 Å². The van der Waals surface area contributed by atoms with Crippen LogP contribution < -0.4 is 10.6 Å². The van der Waals surface area contributed by atoms with Crippen molar-refractivity contribution < 1.29 is 38.8 Å². The number of nitrogens with one attached hydrogen (secondary N) is 2. The smallest absolute Gasteiger partial charge is 0.336 e. The minimum absolute atomic E-state index is 0.0476. The number of carbonyl (C=O) groups is 3. The topological polar surface area (TPSA) is 143 Å². The van der Waals surface area contributed by atoms with E-state index in [0.717, 1.165) is 33.4 Å². The van der Waals surface area contributed by atoms with Gasteiger partial charge in [0.25, 0.3) is 0 Å². The van der Waals surface area contributed by atoms with Crippen molar-refractivity contribution in [2.45, 2.75) is 49.9 Å². The summed E-state index contributed by atoms with van der Waals surface area (Å²) in [5, 5.41) is 24.4. The monoisotopic (exact) mass is 670 g/mol. The lowest BCUT2D eigenvalue weighted by Gasteiger charge is -2.36. The fourth-order valence-corrected chi connectivity index (χ4v) is 6.42. The molecule has 1 saturated heterocycles. The summed E-state index contributed by atoms with van der Waals surface area (Å²) in [5.41, 5.74) is 5.62. The van der Waals surface area contributed by atoms with Crippen molar-refractivity contribution >= 4 is 29.7 Å². The molecular weight excluding hydrogens is 632 g/mol. The molecule has 0 radical (unpaired) electrons. The number of ether oxygens (including phenoxy) is 3. The first-order valence-corrected chi connectivity index (χ1v) is 16.6. The number of carboxylic acid groups (broad SMARTS) is 1. The molecule has 3 atom stereocenters. The van der Waals surface area contributed by atoms with Crippen LogP contribution in [0.5, 0.6) is 0 Å². The second-order valence-electron chi connectivity index (χ2n) is 11.1. The average molecular weight is 671 g/mol. The van der Waals surface area contributed by atoms with E-state index in [0.29, 0.717) is 17.1 Å². The number of rotatable bonds is 13. The van der Waals surface area contributed by atoms with E-state index in [2.05, 4.69) is 10.6 Å². The third-order valence-electron chi connectivity index (χ3n) is 7.81. The molecule has 4 N–H and O–H groups in total. The molecule has 4 aromatic rings. The maximum Gasteiger partial charge on any atom is 0.336 e. The molecule has 4 aromatic carbocycles. The lowest BCUT2D eigenvalue weighted by atomic mass is 9.98. The summed E-state index contributed by atoms with van der Waals surface area (Å²) in [6.07, 6.45) is -0.614. The van der Waals surface area contributed by atoms with Gasteiger partial charge in [0.2, 0.25) is 0 Å². The highest BCUT2D eigenvalue weighted by Gasteiger charge is 2.32. The molecule has 10 nitrogen and oxygen atoms in total. The number of urea groups is 1. The van der Waals surface area contributed by atoms with Gasteiger partial charge in [-0.25, -0.2) is 9.59 Å². The Morgan fingerprint density at radius 2 is 1.58 bits per heavy atom. The van der Waals surface area contributed by atoms with E-state index in [9.17, 15) is 24.6 Å². The average Bonchev–Trinajstić information content (AvgIpc) is 3.12. The highest BCUT2D eigenvalue weighted by molar-refractivity contribution is 7.99. The van der Waals surface area contributed by atoms with Crippen LogP contribution in [0.15, 0.2) is 102 Å². The number of hydrogen-bond acceptors (Lipinski definition) is 8. The van der Waals surface area contributed by atoms with Crippen LogP contribution >= 0.6 is 11.8 Å². The molecule has 1 fully saturated rings. The third kappa shape index (κ3) is 9.23. The van der Waals surface area contributed by atoms with Gasteiger partial charge in [-0.3, -0.25) is 4.79 Å². The summed E-state index contributed by atoms with van der Waals surface area (Å²) >= 11 is 1.45. The van der Waals surface area contributed by atoms with Gasteiger partial charge < -0.3 is 35.1 Å². The normalized spacial score (nSPS) is 17.3. The summed E-state index contributed by atoms with van der Waals surface area (Å²) in [7, 11) is 0. The van der Waals surface area contributed by atoms with Crippen LogP contribution in [0.4, 0.5) is 4.79 Å². The van der Waals surface area contributed by atoms with E-state index in [1.807, 2.05) is 78.9 Å². The van der Waals surface area contributed by atoms with E-state index in [4.69, 9.17) is 14.2 Å². The first-order valence-electron chi connectivity index (χ1n) is 15.7. The number of aliphatic hydroxyl groups excluding tert-OH is 1. The second kappa shape index (κ2) is 16.9. The van der Waals surface area contributed by atoms with Crippen LogP contribution in [-0.2, 0) is 32.2 Å². The van der Waals surface area contributed by atoms with Crippen molar-refractivity contribution in [1.29, 1.82) is 0 Å². The molecule has 2 amide bonds. The SMILES string of the molecule is CCOC(=O)CNC(=O)NCc1ccccc1-c1ccc([C@H]2O[C@@H](CSc3ccccc3C(=O)O)C[C@@H](c3ccc(CO)cc3)O2)cc1. The lowest BCUT2D eigenvalue weighted by Crippen LogP contribution is -2.38. The van der Waals surface area contributed by atoms with Gasteiger partial charge in [-0.05, 0) is 46.9 Å². The molecule has 1 aliphatic rings. The molecule has 0 aliphatic carbocycles. The Bertz CT molecular complexity index is 1700. The highest BCUT2D eigenvalue weighted by atomic mass is 32.2. The Morgan fingerprint density at radius 3 is 2.31 bits per heavy atom. The Balaban J connectivity index is 1.30. The molecule has 0 aromatic heterocycles. The molecular formula is C37H38N2O8S. The number of benzene rings is 4. The second-order valence-corrected chi connectivity index (χ2v) is 12.1. The van der Waals surface area contributed by atoms with Gasteiger partial charge in [0, 0.05) is 29.2 Å². The molecule has 48 heavy (non-hydrogen) atoms. The summed E-state index contributed by atoms with van der Waals surface area (Å²) in [4.78, 5) is 36.2. The Labute approximate surface area is 283 Å². The van der Waals surface area contributed by atoms with Crippen molar-refractivity contribution in [1.82, 2.24) is 10.6 Å². The number of amides is 2. The summed E-state index contributed by atoms with van der Waals surface area (Å²) in [5.74, 6) is -0.944. The van der Waals surface area contributed by atoms with E-state index in [1.165, 1.54) is 11.8 Å². The number of thioether (sulfide) groups is 1. The highest BCUT2D eigenvalue weighted by Crippen LogP contribution is 2.40. The zero-order valence-corrected chi connectivity index (χ0v) is 27.3. The number of hydrogen-bond donors (Lipinski definition) is 4. The van der Waals surface area contributed by atoms with Gasteiger partial charge in [0.15, 0.2) is 6.29 Å². The van der Waals surface area contributed by atoms with Gasteiger partial charge >= 0.3 is 18.0 Å². The third-order valence-corrected chi connectivity index (χ3v) is 9.01. The zero-order chi connectivity index (χ0) is 33.9. The van der Waals surface area contributed by atoms with Crippen LogP contribution in [0, 0.1) is 0 Å². The van der Waals surface area contributed by atoms with Crippen LogP contribution in [0.2, 0.25) is 0 Å². The first-order chi connectivity index (χ1) is 23.3. The fraction of sp³-hybridized carbons (Fsp3) is 0.270. The molecule has 5 rings (SSSR count). The van der Waals surface area contributed by atoms with Gasteiger partial charge in [-0.15, -0.1) is 11.8 Å². The fourth-order valence-electron chi connectivity index (χ4n) is 5.35. The number of carboxylic acids is 1. The number of aliphatic hydroxyl groups is 1. The Morgan fingerprint density at radius 1 is 0.875 bits per heavy atom. The molecule has 0 unspecified atom stereocenters. The number of esters is 1. The minimum Gasteiger partial charge on any atom is -0.478 e. The van der Waals surface area contributed by atoms with Crippen LogP contribution in [-0.4, -0.2) is 53.2 Å². The molecule has 250 valence electrons. The molecule has 0 bridgehead atoms. The maximum absolute atomic E-state index is 12.3. The predicted molar refractivity (Wildman–Crippen MR) is 181 cm³/mol. The van der Waals surface area contributed by atoms with Crippen molar-refractivity contribution in [3.05, 3.63) is 125 Å². The van der Waals surface area contributed by atoms with Crippen LogP contribution in [0.3, 0.4) is 0 Å². The number of carbonyl (C=O) groups excluding carboxylic acids is 2. The molecule has 0 saturated carbocycles. The molecule has 1 heterocycles. The summed E-state index contributed by atoms with van der Waals surface area (Å²) in [6.45, 7) is 1.94. The van der Waals surface area contributed by atoms with Crippen molar-refractivity contribution in [2.75, 3.05) is 18.9 Å². The van der Waals surface area contributed by atoms with Crippen molar-refractivity contribution in [3.63, 3.8) is 0 Å². The van der Waals surface area contributed by atoms with Gasteiger partial charge in [-0.1, -0.05) is 84.9 Å². The van der Waals surface area contributed by atoms with Crippen LogP contribution in [0.25, 0.3) is 11.1 Å². The zero-order valence-electron chi connectivity index (χ0n) is 26.5. The van der Waals surface area contributed by atoms with E-state index < -0.39 is 24.3 Å². The summed E-state index contributed by atoms with van der Waals surface area (Å²) < 4.78 is 17.8. The molecule has 11 heteroatoms. The van der Waals surface area contributed by atoms with Gasteiger partial charge in [-0.2, -0.15) is 0 Å². The summed E-state index contributed by atoms with van der Waals surface area (Å²) in [6, 6.07) is 29.7. The molecule has 0 spiro atoms. The standard InChI is InChI=1S/C37H38N2O8S/c1-2-45-34(41)21-39-37(44)38-20-28-7-3-4-8-30(28)25-15-17-27(18-16-25)36-46-29(23-48-33-10-6-5-9-31(33)35(42)43)19-32(47-36)26-13-11-24(22-40)12-14-26/h3-18,29,32,36,40H,2,19-23H2,1H3,(H,42,43)(H2,38,39,44)/t29-,32+,36+/m1/s1. The molecule has 1 aliphatic heterocycles. The minimum atomic E-state index is -0.972. The maximum atomic E-state index is 12.3. The van der Waals surface area contributed by atoms with Crippen LogP contribution in [0.1, 0.15) is 58.4 Å². The first kappa shape index (κ1) is 34.6. The van der Waals surface area contributed by atoms with Crippen molar-refractivity contribution in [3.8, 4) is 11.1 Å². The number of aromatic carboxylic acids is 1. The van der Waals surface area contributed by atoms with Gasteiger partial charge in [0.1, 0.15) is 6.54 Å². The largest absolute Gasteiger partial charge is 0.478 e. The predicted octanol–water partition coefficient (Wildman–Crippen LogP) is 6.24. The van der Waals surface area contributed by atoms with E-state index >= 15 is 0 Å². The van der Waals surface area contributed by atoms with E-state index in [-0.39, 0.29) is 44.1 Å².